The fourth-order valence-electron chi connectivity index (χ4n) is 2.32. The molecule has 0 saturated carbocycles. The van der Waals surface area contributed by atoms with Crippen LogP contribution in [0.2, 0.25) is 0 Å². The summed E-state index contributed by atoms with van der Waals surface area (Å²) in [5.41, 5.74) is 2.25. The molecule has 1 saturated heterocycles. The molecule has 5 heteroatoms. The van der Waals surface area contributed by atoms with Gasteiger partial charge in [-0.1, -0.05) is 29.8 Å². The van der Waals surface area contributed by atoms with E-state index in [1.807, 2.05) is 31.2 Å². The van der Waals surface area contributed by atoms with Crippen LogP contribution >= 0.6 is 0 Å². The maximum absolute atomic E-state index is 12.0. The highest BCUT2D eigenvalue weighted by Gasteiger charge is 2.26. The number of benzene rings is 1. The van der Waals surface area contributed by atoms with Crippen molar-refractivity contribution in [3.8, 4) is 0 Å². The van der Waals surface area contributed by atoms with Crippen molar-refractivity contribution < 1.29 is 14.7 Å². The van der Waals surface area contributed by atoms with Crippen LogP contribution in [0.1, 0.15) is 24.0 Å². The number of carboxylic acids is 1. The molecule has 0 aromatic heterocycles. The molecule has 2 rings (SSSR count). The number of piperidine rings is 1. The lowest BCUT2D eigenvalue weighted by molar-refractivity contribution is -0.143. The van der Waals surface area contributed by atoms with Gasteiger partial charge in [-0.15, -0.1) is 0 Å². The molecule has 1 fully saturated rings. The van der Waals surface area contributed by atoms with Crippen molar-refractivity contribution in [2.75, 3.05) is 13.1 Å². The molecule has 0 bridgehead atoms. The Morgan fingerprint density at radius 3 is 2.40 bits per heavy atom. The van der Waals surface area contributed by atoms with Crippen LogP contribution in [0.3, 0.4) is 0 Å². The summed E-state index contributed by atoms with van der Waals surface area (Å²) >= 11 is 0. The fourth-order valence-corrected chi connectivity index (χ4v) is 2.32. The number of rotatable bonds is 3. The van der Waals surface area contributed by atoms with Gasteiger partial charge in [0.05, 0.1) is 5.92 Å². The quantitative estimate of drug-likeness (QED) is 0.887. The molecule has 1 aromatic rings. The van der Waals surface area contributed by atoms with E-state index in [0.717, 1.165) is 5.56 Å². The Labute approximate surface area is 118 Å². The molecule has 0 atom stereocenters. The summed E-state index contributed by atoms with van der Waals surface area (Å²) in [6.45, 7) is 3.54. The molecule has 0 spiro atoms. The van der Waals surface area contributed by atoms with Crippen molar-refractivity contribution in [1.29, 1.82) is 0 Å². The summed E-state index contributed by atoms with van der Waals surface area (Å²) < 4.78 is 0. The van der Waals surface area contributed by atoms with Crippen LogP contribution in [0.4, 0.5) is 4.79 Å². The van der Waals surface area contributed by atoms with Gasteiger partial charge in [0, 0.05) is 19.6 Å². The van der Waals surface area contributed by atoms with Gasteiger partial charge >= 0.3 is 12.0 Å². The maximum atomic E-state index is 12.0. The van der Waals surface area contributed by atoms with Crippen LogP contribution in [-0.4, -0.2) is 35.1 Å². The molecule has 108 valence electrons. The number of hydrogen-bond donors (Lipinski definition) is 2. The lowest BCUT2D eigenvalue weighted by Gasteiger charge is -2.30. The highest BCUT2D eigenvalue weighted by Crippen LogP contribution is 2.17. The topological polar surface area (TPSA) is 69.6 Å². The minimum Gasteiger partial charge on any atom is -0.481 e. The lowest BCUT2D eigenvalue weighted by Crippen LogP contribution is -2.45. The second-order valence-corrected chi connectivity index (χ2v) is 5.24. The molecule has 1 aromatic carbocycles. The summed E-state index contributed by atoms with van der Waals surface area (Å²) in [6, 6.07) is 7.90. The highest BCUT2D eigenvalue weighted by atomic mass is 16.4. The summed E-state index contributed by atoms with van der Waals surface area (Å²) in [5.74, 6) is -1.07. The molecule has 2 N–H and O–H groups in total. The van der Waals surface area contributed by atoms with Crippen LogP contribution in [0, 0.1) is 12.8 Å². The van der Waals surface area contributed by atoms with Crippen molar-refractivity contribution >= 4 is 12.0 Å². The van der Waals surface area contributed by atoms with Gasteiger partial charge in [-0.25, -0.2) is 4.79 Å². The van der Waals surface area contributed by atoms with E-state index in [-0.39, 0.29) is 11.9 Å². The standard InChI is InChI=1S/C15H20N2O3/c1-11-2-4-12(5-3-11)10-16-15(20)17-8-6-13(7-9-17)14(18)19/h2-5,13H,6-10H2,1H3,(H,16,20)(H,18,19). The van der Waals surface area contributed by atoms with E-state index in [0.29, 0.717) is 32.5 Å². The third-order valence-corrected chi connectivity index (χ3v) is 3.70. The molecular formula is C15H20N2O3. The number of urea groups is 1. The number of aliphatic carboxylic acids is 1. The van der Waals surface area contributed by atoms with Crippen LogP contribution in [0.25, 0.3) is 0 Å². The number of carbonyl (C=O) groups excluding carboxylic acids is 1. The van der Waals surface area contributed by atoms with E-state index in [9.17, 15) is 9.59 Å². The van der Waals surface area contributed by atoms with Gasteiger partial charge in [0.2, 0.25) is 0 Å². The Kier molecular flexibility index (Phi) is 4.61. The summed E-state index contributed by atoms with van der Waals surface area (Å²) in [4.78, 5) is 24.5. The minimum atomic E-state index is -0.760. The first kappa shape index (κ1) is 14.4. The van der Waals surface area contributed by atoms with E-state index in [2.05, 4.69) is 5.32 Å². The molecule has 0 unspecified atom stereocenters. The molecule has 1 heterocycles. The zero-order valence-corrected chi connectivity index (χ0v) is 11.6. The highest BCUT2D eigenvalue weighted by molar-refractivity contribution is 5.75. The first-order valence-electron chi connectivity index (χ1n) is 6.87. The Bertz CT molecular complexity index is 476. The third kappa shape index (κ3) is 3.73. The first-order chi connectivity index (χ1) is 9.56. The fraction of sp³-hybridized carbons (Fsp3) is 0.467. The third-order valence-electron chi connectivity index (χ3n) is 3.70. The number of carbonyl (C=O) groups is 2. The number of amides is 2. The van der Waals surface area contributed by atoms with Crippen molar-refractivity contribution in [3.05, 3.63) is 35.4 Å². The molecule has 1 aliphatic heterocycles. The predicted octanol–water partition coefficient (Wildman–Crippen LogP) is 2.00. The largest absolute Gasteiger partial charge is 0.481 e. The average molecular weight is 276 g/mol. The Hall–Kier alpha value is -2.04. The molecule has 5 nitrogen and oxygen atoms in total. The number of nitrogens with zero attached hydrogens (tertiary/aromatic N) is 1. The van der Waals surface area contributed by atoms with Gasteiger partial charge in [0.25, 0.3) is 0 Å². The molecule has 2 amide bonds. The van der Waals surface area contributed by atoms with Gasteiger partial charge in [0.15, 0.2) is 0 Å². The van der Waals surface area contributed by atoms with Gasteiger partial charge in [-0.2, -0.15) is 0 Å². The Balaban J connectivity index is 1.78. The van der Waals surface area contributed by atoms with E-state index in [4.69, 9.17) is 5.11 Å². The molecule has 1 aliphatic rings. The molecule has 0 radical (unpaired) electrons. The lowest BCUT2D eigenvalue weighted by atomic mass is 9.97. The number of aryl methyl sites for hydroxylation is 1. The van der Waals surface area contributed by atoms with Gasteiger partial charge in [-0.3, -0.25) is 4.79 Å². The van der Waals surface area contributed by atoms with Gasteiger partial charge in [-0.05, 0) is 25.3 Å². The average Bonchev–Trinajstić information content (AvgIpc) is 2.46. The van der Waals surface area contributed by atoms with Crippen LogP contribution in [0.5, 0.6) is 0 Å². The molecule has 0 aliphatic carbocycles. The van der Waals surface area contributed by atoms with E-state index < -0.39 is 5.97 Å². The normalized spacial score (nSPS) is 15.9. The predicted molar refractivity (Wildman–Crippen MR) is 75.3 cm³/mol. The maximum Gasteiger partial charge on any atom is 0.317 e. The number of nitrogens with one attached hydrogen (secondary N) is 1. The summed E-state index contributed by atoms with van der Waals surface area (Å²) in [6.07, 6.45) is 1.07. The van der Waals surface area contributed by atoms with Gasteiger partial charge in [0.1, 0.15) is 0 Å². The zero-order valence-electron chi connectivity index (χ0n) is 11.6. The van der Waals surface area contributed by atoms with Crippen molar-refractivity contribution in [3.63, 3.8) is 0 Å². The number of carboxylic acid groups (broad SMARTS) is 1. The molecular weight excluding hydrogens is 256 g/mol. The van der Waals surface area contributed by atoms with Crippen LogP contribution < -0.4 is 5.32 Å². The van der Waals surface area contributed by atoms with E-state index in [1.54, 1.807) is 4.90 Å². The second kappa shape index (κ2) is 6.41. The Morgan fingerprint density at radius 1 is 1.25 bits per heavy atom. The van der Waals surface area contributed by atoms with E-state index >= 15 is 0 Å². The summed E-state index contributed by atoms with van der Waals surface area (Å²) in [7, 11) is 0. The van der Waals surface area contributed by atoms with Crippen molar-refractivity contribution in [2.24, 2.45) is 5.92 Å². The first-order valence-corrected chi connectivity index (χ1v) is 6.87. The minimum absolute atomic E-state index is 0.116. The number of hydrogen-bond acceptors (Lipinski definition) is 2. The Morgan fingerprint density at radius 2 is 1.85 bits per heavy atom. The second-order valence-electron chi connectivity index (χ2n) is 5.24. The van der Waals surface area contributed by atoms with Crippen molar-refractivity contribution in [2.45, 2.75) is 26.3 Å². The number of likely N-dealkylation sites (tertiary alicyclic amines) is 1. The summed E-state index contributed by atoms with van der Waals surface area (Å²) in [5, 5.41) is 11.8. The van der Waals surface area contributed by atoms with Crippen LogP contribution in [-0.2, 0) is 11.3 Å². The monoisotopic (exact) mass is 276 g/mol. The molecule has 20 heavy (non-hydrogen) atoms. The van der Waals surface area contributed by atoms with Crippen LogP contribution in [0.15, 0.2) is 24.3 Å². The SMILES string of the molecule is Cc1ccc(CNC(=O)N2CCC(C(=O)O)CC2)cc1. The van der Waals surface area contributed by atoms with E-state index in [1.165, 1.54) is 5.56 Å². The zero-order chi connectivity index (χ0) is 14.5. The smallest absolute Gasteiger partial charge is 0.317 e. The van der Waals surface area contributed by atoms with Crippen molar-refractivity contribution in [1.82, 2.24) is 10.2 Å². The van der Waals surface area contributed by atoms with Gasteiger partial charge < -0.3 is 15.3 Å².